The molecule has 0 radical (unpaired) electrons. The van der Waals surface area contributed by atoms with Crippen molar-refractivity contribution in [1.82, 2.24) is 4.98 Å². The SMILES string of the molecule is CCc1cncc2cc(CCCN)ccc12. The number of hydrogen-bond acceptors (Lipinski definition) is 2. The molecule has 2 heteroatoms. The second kappa shape index (κ2) is 5.08. The van der Waals surface area contributed by atoms with Crippen molar-refractivity contribution in [3.63, 3.8) is 0 Å². The van der Waals surface area contributed by atoms with Crippen LogP contribution in [0.1, 0.15) is 24.5 Å². The van der Waals surface area contributed by atoms with Gasteiger partial charge in [-0.2, -0.15) is 0 Å². The van der Waals surface area contributed by atoms with Gasteiger partial charge in [0.25, 0.3) is 0 Å². The van der Waals surface area contributed by atoms with Gasteiger partial charge < -0.3 is 5.73 Å². The van der Waals surface area contributed by atoms with E-state index in [2.05, 4.69) is 30.1 Å². The molecule has 0 fully saturated rings. The van der Waals surface area contributed by atoms with Gasteiger partial charge in [0.05, 0.1) is 0 Å². The first-order valence-electron chi connectivity index (χ1n) is 5.90. The van der Waals surface area contributed by atoms with E-state index in [4.69, 9.17) is 5.73 Å². The van der Waals surface area contributed by atoms with Crippen LogP contribution < -0.4 is 5.73 Å². The highest BCUT2D eigenvalue weighted by molar-refractivity contribution is 5.85. The third kappa shape index (κ3) is 2.22. The molecule has 0 saturated heterocycles. The average Bonchev–Trinajstić information content (AvgIpc) is 2.35. The molecule has 0 aliphatic heterocycles. The smallest absolute Gasteiger partial charge is 0.0346 e. The fourth-order valence-corrected chi connectivity index (χ4v) is 2.03. The van der Waals surface area contributed by atoms with Gasteiger partial charge in [-0.15, -0.1) is 0 Å². The van der Waals surface area contributed by atoms with Gasteiger partial charge in [-0.3, -0.25) is 4.98 Å². The molecule has 16 heavy (non-hydrogen) atoms. The molecule has 2 N–H and O–H groups in total. The maximum absolute atomic E-state index is 5.52. The van der Waals surface area contributed by atoms with E-state index in [0.717, 1.165) is 25.8 Å². The molecule has 84 valence electrons. The van der Waals surface area contributed by atoms with E-state index in [9.17, 15) is 0 Å². The van der Waals surface area contributed by atoms with Gasteiger partial charge >= 0.3 is 0 Å². The summed E-state index contributed by atoms with van der Waals surface area (Å²) in [5.41, 5.74) is 8.20. The number of hydrogen-bond donors (Lipinski definition) is 1. The van der Waals surface area contributed by atoms with Crippen LogP contribution in [0.4, 0.5) is 0 Å². The summed E-state index contributed by atoms with van der Waals surface area (Å²) in [7, 11) is 0. The third-order valence-electron chi connectivity index (χ3n) is 2.96. The molecule has 1 heterocycles. The summed E-state index contributed by atoms with van der Waals surface area (Å²) >= 11 is 0. The summed E-state index contributed by atoms with van der Waals surface area (Å²) in [4.78, 5) is 4.28. The Kier molecular flexibility index (Phi) is 3.52. The zero-order valence-electron chi connectivity index (χ0n) is 9.74. The van der Waals surface area contributed by atoms with Gasteiger partial charge in [0.15, 0.2) is 0 Å². The molecule has 0 saturated carbocycles. The number of fused-ring (bicyclic) bond motifs is 1. The normalized spacial score (nSPS) is 10.9. The number of benzene rings is 1. The lowest BCUT2D eigenvalue weighted by atomic mass is 10.0. The van der Waals surface area contributed by atoms with E-state index in [1.54, 1.807) is 0 Å². The van der Waals surface area contributed by atoms with Crippen LogP contribution in [0, 0.1) is 0 Å². The Morgan fingerprint density at radius 3 is 2.88 bits per heavy atom. The Hall–Kier alpha value is -1.41. The fourth-order valence-electron chi connectivity index (χ4n) is 2.03. The number of nitrogens with two attached hydrogens (primary N) is 1. The minimum atomic E-state index is 0.755. The lowest BCUT2D eigenvalue weighted by Gasteiger charge is -2.06. The van der Waals surface area contributed by atoms with Crippen molar-refractivity contribution in [3.8, 4) is 0 Å². The van der Waals surface area contributed by atoms with Gasteiger partial charge in [0.1, 0.15) is 0 Å². The van der Waals surface area contributed by atoms with Crippen molar-refractivity contribution in [2.45, 2.75) is 26.2 Å². The number of pyridine rings is 1. The Labute approximate surface area is 96.5 Å². The Balaban J connectivity index is 2.39. The molecule has 0 spiro atoms. The first kappa shape index (κ1) is 11.1. The Morgan fingerprint density at radius 2 is 2.12 bits per heavy atom. The van der Waals surface area contributed by atoms with Crippen LogP contribution in [-0.2, 0) is 12.8 Å². The predicted molar refractivity (Wildman–Crippen MR) is 68.5 cm³/mol. The molecular formula is C14H18N2. The Bertz CT molecular complexity index is 477. The van der Waals surface area contributed by atoms with E-state index >= 15 is 0 Å². The molecule has 1 aromatic carbocycles. The zero-order chi connectivity index (χ0) is 11.4. The number of aromatic nitrogens is 1. The van der Waals surface area contributed by atoms with Gasteiger partial charge in [-0.25, -0.2) is 0 Å². The Morgan fingerprint density at radius 1 is 1.25 bits per heavy atom. The lowest BCUT2D eigenvalue weighted by Crippen LogP contribution is -2.00. The molecule has 0 atom stereocenters. The highest BCUT2D eigenvalue weighted by Gasteiger charge is 2.01. The lowest BCUT2D eigenvalue weighted by molar-refractivity contribution is 0.833. The molecule has 2 aromatic rings. The van der Waals surface area contributed by atoms with Gasteiger partial charge in [0.2, 0.25) is 0 Å². The highest BCUT2D eigenvalue weighted by atomic mass is 14.6. The predicted octanol–water partition coefficient (Wildman–Crippen LogP) is 2.69. The molecule has 2 nitrogen and oxygen atoms in total. The minimum Gasteiger partial charge on any atom is -0.330 e. The average molecular weight is 214 g/mol. The molecule has 2 rings (SSSR count). The summed E-state index contributed by atoms with van der Waals surface area (Å²) in [6, 6.07) is 6.65. The van der Waals surface area contributed by atoms with Gasteiger partial charge in [-0.05, 0) is 48.4 Å². The zero-order valence-corrected chi connectivity index (χ0v) is 9.74. The summed E-state index contributed by atoms with van der Waals surface area (Å²) < 4.78 is 0. The van der Waals surface area contributed by atoms with Crippen LogP contribution in [0.5, 0.6) is 0 Å². The van der Waals surface area contributed by atoms with Crippen LogP contribution in [0.15, 0.2) is 30.6 Å². The molecule has 0 aliphatic rings. The van der Waals surface area contributed by atoms with Crippen LogP contribution in [0.25, 0.3) is 10.8 Å². The van der Waals surface area contributed by atoms with E-state index in [-0.39, 0.29) is 0 Å². The fraction of sp³-hybridized carbons (Fsp3) is 0.357. The van der Waals surface area contributed by atoms with Crippen molar-refractivity contribution < 1.29 is 0 Å². The maximum Gasteiger partial charge on any atom is 0.0346 e. The maximum atomic E-state index is 5.52. The quantitative estimate of drug-likeness (QED) is 0.849. The van der Waals surface area contributed by atoms with E-state index < -0.39 is 0 Å². The van der Waals surface area contributed by atoms with Gasteiger partial charge in [-0.1, -0.05) is 19.1 Å². The van der Waals surface area contributed by atoms with Crippen molar-refractivity contribution in [1.29, 1.82) is 0 Å². The first-order chi connectivity index (χ1) is 7.85. The number of aryl methyl sites for hydroxylation is 2. The van der Waals surface area contributed by atoms with E-state index in [0.29, 0.717) is 0 Å². The molecule has 1 aromatic heterocycles. The van der Waals surface area contributed by atoms with Crippen LogP contribution in [-0.4, -0.2) is 11.5 Å². The van der Waals surface area contributed by atoms with Crippen molar-refractivity contribution in [2.24, 2.45) is 5.73 Å². The van der Waals surface area contributed by atoms with Crippen molar-refractivity contribution in [2.75, 3.05) is 6.54 Å². The summed E-state index contributed by atoms with van der Waals surface area (Å²) in [6.45, 7) is 2.92. The van der Waals surface area contributed by atoms with Crippen molar-refractivity contribution in [3.05, 3.63) is 41.7 Å². The monoisotopic (exact) mass is 214 g/mol. The molecular weight excluding hydrogens is 196 g/mol. The minimum absolute atomic E-state index is 0.755. The molecule has 0 bridgehead atoms. The van der Waals surface area contributed by atoms with E-state index in [1.807, 2.05) is 12.4 Å². The van der Waals surface area contributed by atoms with Gasteiger partial charge in [0, 0.05) is 17.8 Å². The van der Waals surface area contributed by atoms with Crippen LogP contribution in [0.3, 0.4) is 0 Å². The van der Waals surface area contributed by atoms with Crippen LogP contribution >= 0.6 is 0 Å². The first-order valence-corrected chi connectivity index (χ1v) is 5.90. The summed E-state index contributed by atoms with van der Waals surface area (Å²) in [5.74, 6) is 0. The molecule has 0 aliphatic carbocycles. The second-order valence-electron chi connectivity index (χ2n) is 4.10. The van der Waals surface area contributed by atoms with Crippen molar-refractivity contribution >= 4 is 10.8 Å². The largest absolute Gasteiger partial charge is 0.330 e. The molecule has 0 unspecified atom stereocenters. The highest BCUT2D eigenvalue weighted by Crippen LogP contribution is 2.20. The van der Waals surface area contributed by atoms with E-state index in [1.165, 1.54) is 21.9 Å². The number of nitrogens with zero attached hydrogens (tertiary/aromatic N) is 1. The number of rotatable bonds is 4. The third-order valence-corrected chi connectivity index (χ3v) is 2.96. The second-order valence-corrected chi connectivity index (χ2v) is 4.10. The molecule has 0 amide bonds. The standard InChI is InChI=1S/C14H18N2/c1-2-12-9-16-10-13-8-11(4-3-7-15)5-6-14(12)13/h5-6,8-10H,2-4,7,15H2,1H3. The van der Waals surface area contributed by atoms with Crippen LogP contribution in [0.2, 0.25) is 0 Å². The summed E-state index contributed by atoms with van der Waals surface area (Å²) in [6.07, 6.45) is 7.05. The summed E-state index contributed by atoms with van der Waals surface area (Å²) in [5, 5.41) is 2.57. The topological polar surface area (TPSA) is 38.9 Å².